The molecular weight excluding hydrogens is 230 g/mol. The molecule has 0 bridgehead atoms. The lowest BCUT2D eigenvalue weighted by atomic mass is 10.4. The van der Waals surface area contributed by atoms with E-state index in [1.165, 1.54) is 0 Å². The zero-order valence-corrected chi connectivity index (χ0v) is 9.00. The van der Waals surface area contributed by atoms with Gasteiger partial charge in [-0.3, -0.25) is 9.00 Å². The fourth-order valence-electron chi connectivity index (χ4n) is 0.459. The minimum atomic E-state index is -0.825. The zero-order chi connectivity index (χ0) is 8.85. The van der Waals surface area contributed by atoms with Crippen molar-refractivity contribution in [2.45, 2.75) is 11.8 Å². The van der Waals surface area contributed by atoms with Gasteiger partial charge in [-0.15, -0.1) is 0 Å². The second-order valence-electron chi connectivity index (χ2n) is 2.18. The maximum Gasteiger partial charge on any atom is 0.233 e. The van der Waals surface area contributed by atoms with E-state index in [0.717, 1.165) is 0 Å². The lowest BCUT2D eigenvalue weighted by Crippen LogP contribution is -2.32. The summed E-state index contributed by atoms with van der Waals surface area (Å²) in [5, 5.41) is 2.63. The van der Waals surface area contributed by atoms with E-state index in [0.29, 0.717) is 12.3 Å². The average Bonchev–Trinajstić information content (AvgIpc) is 1.86. The van der Waals surface area contributed by atoms with Gasteiger partial charge in [-0.1, -0.05) is 15.9 Å². The summed E-state index contributed by atoms with van der Waals surface area (Å²) in [5.74, 6) is 0.460. The van der Waals surface area contributed by atoms with Crippen LogP contribution >= 0.6 is 15.9 Å². The highest BCUT2D eigenvalue weighted by Gasteiger charge is 2.06. The highest BCUT2D eigenvalue weighted by molar-refractivity contribution is 9.10. The van der Waals surface area contributed by atoms with Crippen LogP contribution in [0.4, 0.5) is 0 Å². The molecule has 0 saturated heterocycles. The van der Waals surface area contributed by atoms with E-state index in [2.05, 4.69) is 21.2 Å². The number of amides is 1. The van der Waals surface area contributed by atoms with Crippen molar-refractivity contribution in [1.82, 2.24) is 5.32 Å². The van der Waals surface area contributed by atoms with Crippen molar-refractivity contribution in [3.8, 4) is 0 Å². The lowest BCUT2D eigenvalue weighted by Gasteiger charge is -2.04. The van der Waals surface area contributed by atoms with Crippen LogP contribution in [0.1, 0.15) is 6.92 Å². The van der Waals surface area contributed by atoms with Crippen molar-refractivity contribution >= 4 is 32.6 Å². The van der Waals surface area contributed by atoms with Crippen LogP contribution in [-0.2, 0) is 15.6 Å². The molecule has 66 valence electrons. The van der Waals surface area contributed by atoms with Crippen LogP contribution in [0.3, 0.4) is 0 Å². The second-order valence-corrected chi connectivity index (χ2v) is 5.11. The van der Waals surface area contributed by atoms with Gasteiger partial charge in [-0.05, 0) is 6.92 Å². The molecule has 0 aromatic rings. The van der Waals surface area contributed by atoms with Crippen LogP contribution in [0, 0.1) is 0 Å². The van der Waals surface area contributed by atoms with Crippen LogP contribution in [0.25, 0.3) is 0 Å². The molecule has 0 aromatic heterocycles. The van der Waals surface area contributed by atoms with Crippen LogP contribution in [-0.4, -0.2) is 33.5 Å². The van der Waals surface area contributed by atoms with Gasteiger partial charge in [0.05, 0.1) is 4.83 Å². The number of hydrogen-bond acceptors (Lipinski definition) is 2. The number of hydrogen-bond donors (Lipinski definition) is 1. The zero-order valence-electron chi connectivity index (χ0n) is 6.59. The van der Waals surface area contributed by atoms with Crippen LogP contribution in [0.5, 0.6) is 0 Å². The van der Waals surface area contributed by atoms with Gasteiger partial charge in [0.2, 0.25) is 5.91 Å². The summed E-state index contributed by atoms with van der Waals surface area (Å²) in [5.41, 5.74) is 0. The fourth-order valence-corrected chi connectivity index (χ4v) is 1.01. The molecule has 3 nitrogen and oxygen atoms in total. The minimum Gasteiger partial charge on any atom is -0.354 e. The Morgan fingerprint density at radius 3 is 2.64 bits per heavy atom. The first kappa shape index (κ1) is 11.1. The quantitative estimate of drug-likeness (QED) is 0.719. The summed E-state index contributed by atoms with van der Waals surface area (Å²) < 4.78 is 10.5. The van der Waals surface area contributed by atoms with E-state index in [1.54, 1.807) is 13.2 Å². The third-order valence-electron chi connectivity index (χ3n) is 1.05. The topological polar surface area (TPSA) is 46.2 Å². The van der Waals surface area contributed by atoms with Crippen molar-refractivity contribution in [2.24, 2.45) is 0 Å². The average molecular weight is 242 g/mol. The molecule has 11 heavy (non-hydrogen) atoms. The van der Waals surface area contributed by atoms with Gasteiger partial charge in [0.15, 0.2) is 0 Å². The van der Waals surface area contributed by atoms with Gasteiger partial charge in [0.25, 0.3) is 0 Å². The third kappa shape index (κ3) is 6.50. The van der Waals surface area contributed by atoms with Gasteiger partial charge in [-0.25, -0.2) is 0 Å². The molecular formula is C6H12BrNO2S. The first-order valence-corrected chi connectivity index (χ1v) is 5.90. The van der Waals surface area contributed by atoms with E-state index < -0.39 is 10.8 Å². The monoisotopic (exact) mass is 241 g/mol. The summed E-state index contributed by atoms with van der Waals surface area (Å²) in [6.45, 7) is 2.23. The molecule has 0 aromatic carbocycles. The smallest absolute Gasteiger partial charge is 0.233 e. The molecule has 2 atom stereocenters. The molecule has 1 N–H and O–H groups in total. The predicted molar refractivity (Wildman–Crippen MR) is 50.3 cm³/mol. The molecule has 0 spiro atoms. The Hall–Kier alpha value is 0.1000. The summed E-state index contributed by atoms with van der Waals surface area (Å²) in [4.78, 5) is 10.7. The normalized spacial score (nSPS) is 15.5. The summed E-state index contributed by atoms with van der Waals surface area (Å²) in [7, 11) is -0.825. The van der Waals surface area contributed by atoms with E-state index in [9.17, 15) is 9.00 Å². The molecule has 0 heterocycles. The molecule has 5 heteroatoms. The molecule has 2 unspecified atom stereocenters. The summed E-state index contributed by atoms with van der Waals surface area (Å²) in [6.07, 6.45) is 1.61. The Balaban J connectivity index is 3.39. The second kappa shape index (κ2) is 5.71. The largest absolute Gasteiger partial charge is 0.354 e. The number of carbonyl (C=O) groups excluding carboxylic acids is 1. The van der Waals surface area contributed by atoms with E-state index in [-0.39, 0.29) is 10.7 Å². The van der Waals surface area contributed by atoms with Crippen molar-refractivity contribution in [2.75, 3.05) is 18.6 Å². The molecule has 0 aliphatic carbocycles. The SMILES string of the molecule is CC(Br)C(=O)NCCS(C)=O. The van der Waals surface area contributed by atoms with Crippen LogP contribution in [0.15, 0.2) is 0 Å². The summed E-state index contributed by atoms with van der Waals surface area (Å²) >= 11 is 3.12. The Labute approximate surface area is 77.5 Å². The molecule has 0 aliphatic heterocycles. The van der Waals surface area contributed by atoms with E-state index in [4.69, 9.17) is 0 Å². The van der Waals surface area contributed by atoms with Crippen molar-refractivity contribution < 1.29 is 9.00 Å². The standard InChI is InChI=1S/C6H12BrNO2S/c1-5(7)6(9)8-3-4-11(2)10/h5H,3-4H2,1-2H3,(H,8,9). The van der Waals surface area contributed by atoms with Crippen LogP contribution in [0.2, 0.25) is 0 Å². The van der Waals surface area contributed by atoms with Gasteiger partial charge < -0.3 is 5.32 Å². The Kier molecular flexibility index (Phi) is 5.76. The Morgan fingerprint density at radius 2 is 2.27 bits per heavy atom. The van der Waals surface area contributed by atoms with Crippen molar-refractivity contribution in [3.63, 3.8) is 0 Å². The van der Waals surface area contributed by atoms with Gasteiger partial charge in [0.1, 0.15) is 0 Å². The fraction of sp³-hybridized carbons (Fsp3) is 0.833. The third-order valence-corrected chi connectivity index (χ3v) is 2.24. The number of nitrogens with one attached hydrogen (secondary N) is 1. The first-order chi connectivity index (χ1) is 5.04. The molecule has 0 fully saturated rings. The van der Waals surface area contributed by atoms with Crippen molar-refractivity contribution in [1.29, 1.82) is 0 Å². The summed E-state index contributed by atoms with van der Waals surface area (Å²) in [6, 6.07) is 0. The molecule has 0 saturated carbocycles. The van der Waals surface area contributed by atoms with E-state index >= 15 is 0 Å². The first-order valence-electron chi connectivity index (χ1n) is 3.26. The molecule has 0 radical (unpaired) electrons. The highest BCUT2D eigenvalue weighted by atomic mass is 79.9. The number of rotatable bonds is 4. The molecule has 0 rings (SSSR count). The lowest BCUT2D eigenvalue weighted by molar-refractivity contribution is -0.120. The Morgan fingerprint density at radius 1 is 1.73 bits per heavy atom. The maximum absolute atomic E-state index is 10.9. The van der Waals surface area contributed by atoms with Crippen LogP contribution < -0.4 is 5.32 Å². The predicted octanol–water partition coefficient (Wildman–Crippen LogP) is 0.264. The molecule has 0 aliphatic rings. The number of alkyl halides is 1. The molecule has 1 amide bonds. The van der Waals surface area contributed by atoms with E-state index in [1.807, 2.05) is 0 Å². The Bertz CT molecular complexity index is 161. The number of carbonyl (C=O) groups is 1. The van der Waals surface area contributed by atoms with Gasteiger partial charge in [0, 0.05) is 29.4 Å². The van der Waals surface area contributed by atoms with Gasteiger partial charge in [-0.2, -0.15) is 0 Å². The maximum atomic E-state index is 10.9. The highest BCUT2D eigenvalue weighted by Crippen LogP contribution is 1.95. The number of halogens is 1. The van der Waals surface area contributed by atoms with Crippen molar-refractivity contribution in [3.05, 3.63) is 0 Å². The minimum absolute atomic E-state index is 0.0598. The van der Waals surface area contributed by atoms with Gasteiger partial charge >= 0.3 is 0 Å².